The molecule has 0 aromatic heterocycles. The molecule has 1 aliphatic rings. The van der Waals surface area contributed by atoms with E-state index < -0.39 is 6.04 Å². The molecule has 1 heterocycles. The van der Waals surface area contributed by atoms with Crippen LogP contribution in [0, 0.1) is 0 Å². The highest BCUT2D eigenvalue weighted by Gasteiger charge is 2.14. The SMILES string of the molecule is COCC(N)C(=O)Nc1ccc(OCCN2CCN(C)CC2)cc1.Cl.Cl.Cl. The second-order valence-corrected chi connectivity index (χ2v) is 6.07. The van der Waals surface area contributed by atoms with Crippen LogP contribution in [0.25, 0.3) is 0 Å². The van der Waals surface area contributed by atoms with Gasteiger partial charge in [0.25, 0.3) is 0 Å². The number of nitrogens with one attached hydrogen (secondary N) is 1. The first kappa shape index (κ1) is 28.4. The quantitative estimate of drug-likeness (QED) is 0.631. The first-order valence-electron chi connectivity index (χ1n) is 8.27. The molecule has 2 rings (SSSR count). The fourth-order valence-electron chi connectivity index (χ4n) is 2.49. The maximum atomic E-state index is 11.8. The molecule has 158 valence electrons. The van der Waals surface area contributed by atoms with Crippen LogP contribution in [0.1, 0.15) is 0 Å². The number of carbonyl (C=O) groups is 1. The summed E-state index contributed by atoms with van der Waals surface area (Å²) < 4.78 is 10.6. The van der Waals surface area contributed by atoms with Gasteiger partial charge in [0.15, 0.2) is 0 Å². The molecule has 10 heteroatoms. The molecule has 0 aliphatic carbocycles. The van der Waals surface area contributed by atoms with Crippen molar-refractivity contribution in [2.24, 2.45) is 5.73 Å². The van der Waals surface area contributed by atoms with Gasteiger partial charge in [0, 0.05) is 45.5 Å². The smallest absolute Gasteiger partial charge is 0.243 e. The Balaban J connectivity index is 0. The normalized spacial score (nSPS) is 15.5. The summed E-state index contributed by atoms with van der Waals surface area (Å²) in [6, 6.07) is 6.64. The summed E-state index contributed by atoms with van der Waals surface area (Å²) in [4.78, 5) is 16.5. The van der Waals surface area contributed by atoms with Crippen molar-refractivity contribution in [1.82, 2.24) is 9.80 Å². The van der Waals surface area contributed by atoms with Crippen LogP contribution >= 0.6 is 37.2 Å². The molecule has 7 nitrogen and oxygen atoms in total. The van der Waals surface area contributed by atoms with Gasteiger partial charge in [-0.2, -0.15) is 0 Å². The van der Waals surface area contributed by atoms with E-state index in [2.05, 4.69) is 22.2 Å². The number of ether oxygens (including phenoxy) is 2. The first-order valence-corrected chi connectivity index (χ1v) is 8.27. The summed E-state index contributed by atoms with van der Waals surface area (Å²) in [5, 5.41) is 2.75. The van der Waals surface area contributed by atoms with Gasteiger partial charge in [-0.05, 0) is 31.3 Å². The number of halogens is 3. The van der Waals surface area contributed by atoms with Crippen LogP contribution in [-0.4, -0.2) is 81.8 Å². The van der Waals surface area contributed by atoms with Crippen LogP contribution in [0.3, 0.4) is 0 Å². The number of nitrogens with zero attached hydrogens (tertiary/aromatic N) is 2. The van der Waals surface area contributed by atoms with E-state index in [1.807, 2.05) is 24.3 Å². The lowest BCUT2D eigenvalue weighted by molar-refractivity contribution is -0.118. The van der Waals surface area contributed by atoms with Crippen LogP contribution in [0.4, 0.5) is 5.69 Å². The fourth-order valence-corrected chi connectivity index (χ4v) is 2.49. The molecule has 3 N–H and O–H groups in total. The van der Waals surface area contributed by atoms with E-state index >= 15 is 0 Å². The Morgan fingerprint density at radius 2 is 1.74 bits per heavy atom. The summed E-state index contributed by atoms with van der Waals surface area (Å²) >= 11 is 0. The summed E-state index contributed by atoms with van der Waals surface area (Å²) in [6.45, 7) is 6.18. The molecule has 0 spiro atoms. The van der Waals surface area contributed by atoms with E-state index in [1.165, 1.54) is 7.11 Å². The van der Waals surface area contributed by atoms with Crippen LogP contribution in [0.15, 0.2) is 24.3 Å². The minimum absolute atomic E-state index is 0. The monoisotopic (exact) mass is 444 g/mol. The highest BCUT2D eigenvalue weighted by Crippen LogP contribution is 2.16. The number of carbonyl (C=O) groups excluding carboxylic acids is 1. The van der Waals surface area contributed by atoms with Crippen molar-refractivity contribution in [2.45, 2.75) is 6.04 Å². The summed E-state index contributed by atoms with van der Waals surface area (Å²) in [5.41, 5.74) is 6.37. The largest absolute Gasteiger partial charge is 0.492 e. The predicted octanol–water partition coefficient (Wildman–Crippen LogP) is 1.49. The van der Waals surface area contributed by atoms with Crippen molar-refractivity contribution >= 4 is 48.8 Å². The van der Waals surface area contributed by atoms with E-state index in [-0.39, 0.29) is 49.7 Å². The third-order valence-electron chi connectivity index (χ3n) is 4.08. The van der Waals surface area contributed by atoms with E-state index in [4.69, 9.17) is 15.2 Å². The van der Waals surface area contributed by atoms with Gasteiger partial charge in [0.2, 0.25) is 5.91 Å². The molecule has 0 radical (unpaired) electrons. The van der Waals surface area contributed by atoms with Crippen LogP contribution < -0.4 is 15.8 Å². The number of hydrogen-bond acceptors (Lipinski definition) is 6. The van der Waals surface area contributed by atoms with E-state index in [1.54, 1.807) is 0 Å². The van der Waals surface area contributed by atoms with Crippen molar-refractivity contribution in [3.63, 3.8) is 0 Å². The Kier molecular flexibility index (Phi) is 16.0. The van der Waals surface area contributed by atoms with Crippen LogP contribution in [0.2, 0.25) is 0 Å². The zero-order chi connectivity index (χ0) is 17.4. The number of hydrogen-bond donors (Lipinski definition) is 2. The number of amides is 1. The molecule has 1 aromatic carbocycles. The molecule has 1 aliphatic heterocycles. The fraction of sp³-hybridized carbons (Fsp3) is 0.588. The van der Waals surface area contributed by atoms with Crippen LogP contribution in [-0.2, 0) is 9.53 Å². The number of methoxy groups -OCH3 is 1. The third kappa shape index (κ3) is 10.4. The molecule has 1 saturated heterocycles. The van der Waals surface area contributed by atoms with Gasteiger partial charge >= 0.3 is 0 Å². The number of piperazine rings is 1. The molecular weight excluding hydrogens is 415 g/mol. The molecule has 1 amide bonds. The van der Waals surface area contributed by atoms with Gasteiger partial charge in [0.05, 0.1) is 6.61 Å². The van der Waals surface area contributed by atoms with Gasteiger partial charge in [-0.1, -0.05) is 0 Å². The minimum atomic E-state index is -0.672. The Bertz CT molecular complexity index is 515. The van der Waals surface area contributed by atoms with Crippen molar-refractivity contribution in [2.75, 3.05) is 65.4 Å². The average Bonchev–Trinajstić information content (AvgIpc) is 2.58. The molecule has 1 unspecified atom stereocenters. The maximum Gasteiger partial charge on any atom is 0.243 e. The Labute approximate surface area is 180 Å². The molecule has 27 heavy (non-hydrogen) atoms. The molecule has 0 saturated carbocycles. The standard InChI is InChI=1S/C17H28N4O3.3ClH/c1-20-7-9-21(10-8-20)11-12-24-15-5-3-14(4-6-15)19-17(22)16(18)13-23-2;;;/h3-6,16H,7-13,18H2,1-2H3,(H,19,22);3*1H. The number of likely N-dealkylation sites (N-methyl/N-ethyl adjacent to an activating group) is 1. The lowest BCUT2D eigenvalue weighted by Crippen LogP contribution is -2.45. The van der Waals surface area contributed by atoms with E-state index in [9.17, 15) is 4.79 Å². The van der Waals surface area contributed by atoms with Gasteiger partial charge < -0.3 is 25.4 Å². The highest BCUT2D eigenvalue weighted by molar-refractivity contribution is 5.94. The van der Waals surface area contributed by atoms with E-state index in [0.717, 1.165) is 38.5 Å². The van der Waals surface area contributed by atoms with Crippen LogP contribution in [0.5, 0.6) is 5.75 Å². The number of anilines is 1. The molecule has 1 aromatic rings. The second kappa shape index (κ2) is 15.2. The summed E-state index contributed by atoms with van der Waals surface area (Å²) in [7, 11) is 3.66. The topological polar surface area (TPSA) is 80.1 Å². The number of benzene rings is 1. The lowest BCUT2D eigenvalue weighted by Gasteiger charge is -2.32. The van der Waals surface area contributed by atoms with Crippen molar-refractivity contribution in [3.05, 3.63) is 24.3 Å². The zero-order valence-electron chi connectivity index (χ0n) is 15.8. The highest BCUT2D eigenvalue weighted by atomic mass is 35.5. The molecular formula is C17H31Cl3N4O3. The van der Waals surface area contributed by atoms with Gasteiger partial charge in [-0.3, -0.25) is 9.69 Å². The minimum Gasteiger partial charge on any atom is -0.492 e. The number of rotatable bonds is 8. The number of nitrogens with two attached hydrogens (primary N) is 1. The molecule has 0 bridgehead atoms. The second-order valence-electron chi connectivity index (χ2n) is 6.07. The molecule has 1 atom stereocenters. The first-order chi connectivity index (χ1) is 11.6. The predicted molar refractivity (Wildman–Crippen MR) is 116 cm³/mol. The van der Waals surface area contributed by atoms with E-state index in [0.29, 0.717) is 12.3 Å². The zero-order valence-corrected chi connectivity index (χ0v) is 18.2. The third-order valence-corrected chi connectivity index (χ3v) is 4.08. The Morgan fingerprint density at radius 1 is 1.15 bits per heavy atom. The van der Waals surface area contributed by atoms with Gasteiger partial charge in [-0.15, -0.1) is 37.2 Å². The van der Waals surface area contributed by atoms with Gasteiger partial charge in [-0.25, -0.2) is 0 Å². The summed E-state index contributed by atoms with van der Waals surface area (Å²) in [6.07, 6.45) is 0. The molecule has 1 fully saturated rings. The van der Waals surface area contributed by atoms with Crippen molar-refractivity contribution < 1.29 is 14.3 Å². The van der Waals surface area contributed by atoms with Crippen molar-refractivity contribution in [1.29, 1.82) is 0 Å². The Morgan fingerprint density at radius 3 is 2.30 bits per heavy atom. The maximum absolute atomic E-state index is 11.8. The Hall–Kier alpha value is -0.800. The summed E-state index contributed by atoms with van der Waals surface area (Å²) in [5.74, 6) is 0.531. The van der Waals surface area contributed by atoms with Gasteiger partial charge in [0.1, 0.15) is 18.4 Å². The lowest BCUT2D eigenvalue weighted by atomic mass is 10.2. The van der Waals surface area contributed by atoms with Crippen molar-refractivity contribution in [3.8, 4) is 5.75 Å². The average molecular weight is 446 g/mol.